The molecular formula is C22H36N2O15. The Morgan fingerprint density at radius 1 is 0.641 bits per heavy atom. The smallest absolute Gasteiger partial charge is 0.335 e. The first-order chi connectivity index (χ1) is 18.1. The highest BCUT2D eigenvalue weighted by atomic mass is 16.7. The van der Waals surface area contributed by atoms with Gasteiger partial charge in [0.2, 0.25) is 11.8 Å². The van der Waals surface area contributed by atoms with Gasteiger partial charge in [-0.05, 0) is 13.8 Å². The van der Waals surface area contributed by atoms with Crippen molar-refractivity contribution in [1.82, 2.24) is 10.6 Å². The van der Waals surface area contributed by atoms with Crippen LogP contribution in [-0.4, -0.2) is 146 Å². The van der Waals surface area contributed by atoms with E-state index >= 15 is 0 Å². The summed E-state index contributed by atoms with van der Waals surface area (Å²) in [5, 5.41) is 76.8. The first-order valence-electron chi connectivity index (χ1n) is 12.3. The van der Waals surface area contributed by atoms with Gasteiger partial charge in [0.15, 0.2) is 25.0 Å². The van der Waals surface area contributed by atoms with Crippen LogP contribution in [0, 0.1) is 0 Å². The van der Waals surface area contributed by atoms with Gasteiger partial charge in [-0.2, -0.15) is 0 Å². The standard InChI is InChI=1S/C22H36N2O15/c1-5-12(28)17(15(31)20(34)35-5)38-22-10(24-8(4)26)16(11(27)6(2)36-22)37-21-9(23-7(3)25)13(29)14(30)18(39-21)19(32)33/h5-6,9-18,20-22,27-31,34H,1-4H3,(H,23,25)(H,24,26)(H,32,33). The first kappa shape index (κ1) is 31.5. The van der Waals surface area contributed by atoms with E-state index in [0.29, 0.717) is 0 Å². The van der Waals surface area contributed by atoms with Gasteiger partial charge in [0.25, 0.3) is 0 Å². The van der Waals surface area contributed by atoms with Crippen molar-refractivity contribution in [3.8, 4) is 0 Å². The number of carbonyl (C=O) groups is 3. The highest BCUT2D eigenvalue weighted by Crippen LogP contribution is 2.32. The highest BCUT2D eigenvalue weighted by Gasteiger charge is 2.54. The molecule has 3 rings (SSSR count). The largest absolute Gasteiger partial charge is 0.479 e. The Labute approximate surface area is 222 Å². The van der Waals surface area contributed by atoms with Crippen molar-refractivity contribution >= 4 is 17.8 Å². The van der Waals surface area contributed by atoms with E-state index in [-0.39, 0.29) is 0 Å². The van der Waals surface area contributed by atoms with Crippen molar-refractivity contribution in [2.24, 2.45) is 0 Å². The molecule has 2 amide bonds. The number of hydrogen-bond donors (Lipinski definition) is 9. The van der Waals surface area contributed by atoms with E-state index in [4.69, 9.17) is 23.7 Å². The quantitative estimate of drug-likeness (QED) is 0.139. The van der Waals surface area contributed by atoms with Crippen LogP contribution in [0.1, 0.15) is 27.7 Å². The number of hydrogen-bond acceptors (Lipinski definition) is 14. The van der Waals surface area contributed by atoms with Crippen molar-refractivity contribution in [2.45, 2.75) is 120 Å². The molecule has 0 spiro atoms. The maximum atomic E-state index is 12.1. The summed E-state index contributed by atoms with van der Waals surface area (Å²) in [7, 11) is 0. The van der Waals surface area contributed by atoms with Gasteiger partial charge in [-0.15, -0.1) is 0 Å². The molecule has 9 N–H and O–H groups in total. The molecule has 17 heteroatoms. The molecule has 17 nitrogen and oxygen atoms in total. The summed E-state index contributed by atoms with van der Waals surface area (Å²) >= 11 is 0. The first-order valence-corrected chi connectivity index (χ1v) is 12.3. The minimum atomic E-state index is -1.98. The summed E-state index contributed by atoms with van der Waals surface area (Å²) in [5.41, 5.74) is 0. The third-order valence-corrected chi connectivity index (χ3v) is 6.78. The number of aliphatic hydroxyl groups is 6. The van der Waals surface area contributed by atoms with Gasteiger partial charge in [-0.3, -0.25) is 9.59 Å². The minimum absolute atomic E-state index is 0.657. The number of rotatable bonds is 7. The van der Waals surface area contributed by atoms with Gasteiger partial charge < -0.3 is 70.1 Å². The lowest BCUT2D eigenvalue weighted by Gasteiger charge is -2.49. The van der Waals surface area contributed by atoms with Gasteiger partial charge in [-0.25, -0.2) is 4.79 Å². The Kier molecular flexibility index (Phi) is 10.2. The number of aliphatic carboxylic acids is 1. The second-order valence-corrected chi connectivity index (χ2v) is 9.81. The lowest BCUT2D eigenvalue weighted by atomic mass is 9.94. The summed E-state index contributed by atoms with van der Waals surface area (Å²) in [6.07, 6.45) is -20.6. The van der Waals surface area contributed by atoms with Crippen LogP contribution in [0.2, 0.25) is 0 Å². The maximum absolute atomic E-state index is 12.1. The molecule has 0 radical (unpaired) electrons. The maximum Gasteiger partial charge on any atom is 0.335 e. The molecule has 0 saturated carbocycles. The van der Waals surface area contributed by atoms with Crippen LogP contribution < -0.4 is 10.6 Å². The molecule has 3 heterocycles. The molecule has 3 aliphatic heterocycles. The van der Waals surface area contributed by atoms with Gasteiger partial charge in [0.05, 0.1) is 12.2 Å². The third kappa shape index (κ3) is 6.83. The molecule has 0 aliphatic carbocycles. The molecule has 0 aromatic rings. The van der Waals surface area contributed by atoms with Crippen molar-refractivity contribution in [2.75, 3.05) is 0 Å². The lowest BCUT2D eigenvalue weighted by Crippen LogP contribution is -2.70. The average Bonchev–Trinajstić information content (AvgIpc) is 2.84. The van der Waals surface area contributed by atoms with Crippen molar-refractivity contribution in [3.63, 3.8) is 0 Å². The van der Waals surface area contributed by atoms with E-state index in [1.807, 2.05) is 0 Å². The van der Waals surface area contributed by atoms with Gasteiger partial charge in [0.1, 0.15) is 54.8 Å². The molecule has 15 unspecified atom stereocenters. The minimum Gasteiger partial charge on any atom is -0.479 e. The van der Waals surface area contributed by atoms with E-state index < -0.39 is 110 Å². The predicted molar refractivity (Wildman–Crippen MR) is 122 cm³/mol. The van der Waals surface area contributed by atoms with E-state index in [9.17, 15) is 50.1 Å². The number of nitrogens with one attached hydrogen (secondary N) is 2. The zero-order valence-corrected chi connectivity index (χ0v) is 21.6. The van der Waals surface area contributed by atoms with E-state index in [0.717, 1.165) is 13.8 Å². The summed E-state index contributed by atoms with van der Waals surface area (Å²) in [6, 6.07) is -2.91. The normalized spacial score (nSPS) is 46.8. The Bertz CT molecular complexity index is 880. The van der Waals surface area contributed by atoms with Crippen LogP contribution in [0.4, 0.5) is 0 Å². The van der Waals surface area contributed by atoms with Crippen LogP contribution in [0.5, 0.6) is 0 Å². The molecular weight excluding hydrogens is 532 g/mol. The molecule has 3 aliphatic rings. The lowest BCUT2D eigenvalue weighted by molar-refractivity contribution is -0.350. The zero-order chi connectivity index (χ0) is 29.3. The number of amides is 2. The Balaban J connectivity index is 1.94. The number of carboxylic acid groups (broad SMARTS) is 1. The van der Waals surface area contributed by atoms with Gasteiger partial charge in [-0.1, -0.05) is 0 Å². The fraction of sp³-hybridized carbons (Fsp3) is 0.864. The van der Waals surface area contributed by atoms with Crippen LogP contribution in [0.3, 0.4) is 0 Å². The summed E-state index contributed by atoms with van der Waals surface area (Å²) in [4.78, 5) is 35.5. The fourth-order valence-electron chi connectivity index (χ4n) is 4.73. The van der Waals surface area contributed by atoms with Crippen molar-refractivity contribution < 1.29 is 73.8 Å². The summed E-state index contributed by atoms with van der Waals surface area (Å²) in [5.74, 6) is -2.99. The molecule has 3 fully saturated rings. The van der Waals surface area contributed by atoms with Crippen molar-refractivity contribution in [3.05, 3.63) is 0 Å². The van der Waals surface area contributed by atoms with Gasteiger partial charge in [0, 0.05) is 13.8 Å². The predicted octanol–water partition coefficient (Wildman–Crippen LogP) is -5.14. The molecule has 0 aromatic carbocycles. The summed E-state index contributed by atoms with van der Waals surface area (Å²) in [6.45, 7) is 5.04. The van der Waals surface area contributed by atoms with Crippen molar-refractivity contribution in [1.29, 1.82) is 0 Å². The average molecular weight is 569 g/mol. The molecule has 39 heavy (non-hydrogen) atoms. The molecule has 3 saturated heterocycles. The molecule has 224 valence electrons. The van der Waals surface area contributed by atoms with Gasteiger partial charge >= 0.3 is 5.97 Å². The molecule has 0 bridgehead atoms. The van der Waals surface area contributed by atoms with E-state index in [2.05, 4.69) is 10.6 Å². The van der Waals surface area contributed by atoms with Crippen LogP contribution in [-0.2, 0) is 38.1 Å². The monoisotopic (exact) mass is 568 g/mol. The second-order valence-electron chi connectivity index (χ2n) is 9.81. The SMILES string of the molecule is CC(=O)NC1C(OC2C(O)C(C)OC(OC3C(O)C(C)OC(O)C3O)C2NC(C)=O)OC(C(=O)O)C(O)C1O. The second kappa shape index (κ2) is 12.6. The zero-order valence-electron chi connectivity index (χ0n) is 21.6. The fourth-order valence-corrected chi connectivity index (χ4v) is 4.73. The third-order valence-electron chi connectivity index (χ3n) is 6.78. The van der Waals surface area contributed by atoms with Crippen LogP contribution in [0.25, 0.3) is 0 Å². The molecule has 0 aromatic heterocycles. The number of carbonyl (C=O) groups excluding carboxylic acids is 2. The number of ether oxygens (including phenoxy) is 5. The van der Waals surface area contributed by atoms with Crippen LogP contribution in [0.15, 0.2) is 0 Å². The van der Waals surface area contributed by atoms with E-state index in [1.165, 1.54) is 13.8 Å². The number of carboxylic acids is 1. The Hall–Kier alpha value is -2.03. The Morgan fingerprint density at radius 2 is 1.13 bits per heavy atom. The topological polar surface area (TPSA) is 263 Å². The highest BCUT2D eigenvalue weighted by molar-refractivity contribution is 5.75. The van der Waals surface area contributed by atoms with Crippen LogP contribution >= 0.6 is 0 Å². The molecule has 15 atom stereocenters. The summed E-state index contributed by atoms with van der Waals surface area (Å²) < 4.78 is 27.7. The van der Waals surface area contributed by atoms with E-state index in [1.54, 1.807) is 0 Å². The number of aliphatic hydroxyl groups excluding tert-OH is 6. The Morgan fingerprint density at radius 3 is 1.69 bits per heavy atom.